The van der Waals surface area contributed by atoms with Gasteiger partial charge in [-0.1, -0.05) is 103 Å². The van der Waals surface area contributed by atoms with Crippen LogP contribution in [0.3, 0.4) is 0 Å². The Bertz CT molecular complexity index is 2360. The maximum Gasteiger partial charge on any atom is 0.172 e. The van der Waals surface area contributed by atoms with Crippen LogP contribution in [0.1, 0.15) is 0 Å². The molecule has 1 aliphatic rings. The molecule has 2 aromatic heterocycles. The van der Waals surface area contributed by atoms with Crippen LogP contribution in [0, 0.1) is 0 Å². The molecule has 1 aliphatic heterocycles. The van der Waals surface area contributed by atoms with E-state index in [0.29, 0.717) is 0 Å². The number of rotatable bonds is 2. The minimum atomic E-state index is -3.03. The number of fused-ring (bicyclic) bond motifs is 9. The quantitative estimate of drug-likeness (QED) is 0.210. The van der Waals surface area contributed by atoms with Gasteiger partial charge in [-0.25, -0.2) is 0 Å². The fourth-order valence-electron chi connectivity index (χ4n) is 6.67. The Morgan fingerprint density at radius 2 is 1.25 bits per heavy atom. The molecule has 0 radical (unpaired) electrons. The topological polar surface area (TPSA) is 35.1 Å². The van der Waals surface area contributed by atoms with Gasteiger partial charge in [0.25, 0.3) is 0 Å². The van der Waals surface area contributed by atoms with Crippen molar-refractivity contribution in [2.75, 3.05) is 0 Å². The van der Waals surface area contributed by atoms with E-state index in [1.54, 1.807) is 0 Å². The van der Waals surface area contributed by atoms with Gasteiger partial charge < -0.3 is 13.5 Å². The molecule has 0 N–H and O–H groups in total. The highest BCUT2D eigenvalue weighted by molar-refractivity contribution is 7.86. The first-order chi connectivity index (χ1) is 19.7. The molecule has 4 heteroatoms. The minimum absolute atomic E-state index is 0.863. The highest BCUT2D eigenvalue weighted by Crippen LogP contribution is 2.53. The molecule has 8 aromatic rings. The Hall–Kier alpha value is -4.85. The third-order valence-electron chi connectivity index (χ3n) is 8.41. The van der Waals surface area contributed by atoms with E-state index in [1.807, 2.05) is 60.7 Å². The van der Waals surface area contributed by atoms with Crippen molar-refractivity contribution in [3.05, 3.63) is 133 Å². The van der Waals surface area contributed by atoms with Crippen molar-refractivity contribution in [3.63, 3.8) is 0 Å². The van der Waals surface area contributed by atoms with Crippen LogP contribution < -0.4 is 15.9 Å². The molecule has 188 valence electrons. The molecule has 3 heterocycles. The van der Waals surface area contributed by atoms with E-state index in [2.05, 4.69) is 77.4 Å². The lowest BCUT2D eigenvalue weighted by Crippen LogP contribution is -2.20. The van der Waals surface area contributed by atoms with Crippen LogP contribution in [0.25, 0.3) is 60.6 Å². The monoisotopic (exact) mass is 531 g/mol. The van der Waals surface area contributed by atoms with Gasteiger partial charge in [0.15, 0.2) is 12.7 Å². The summed E-state index contributed by atoms with van der Waals surface area (Å²) in [6.45, 7) is 0. The third-order valence-corrected chi connectivity index (χ3v) is 11.5. The average molecular weight is 532 g/mol. The van der Waals surface area contributed by atoms with Gasteiger partial charge in [0.2, 0.25) is 0 Å². The van der Waals surface area contributed by atoms with E-state index in [1.165, 1.54) is 0 Å². The summed E-state index contributed by atoms with van der Waals surface area (Å²) in [5, 5.41) is 7.13. The van der Waals surface area contributed by atoms with Crippen molar-refractivity contribution in [2.24, 2.45) is 0 Å². The van der Waals surface area contributed by atoms with Crippen LogP contribution in [0.4, 0.5) is 0 Å². The SMILES string of the molecule is O=P1(c2ccccc2)c2ccccc2-c2cc3c(cc21)c1ccccc1n3-c1cccc2c1oc1ccccc12. The van der Waals surface area contributed by atoms with Crippen molar-refractivity contribution < 1.29 is 8.98 Å². The van der Waals surface area contributed by atoms with Gasteiger partial charge >= 0.3 is 0 Å². The minimum Gasteiger partial charge on any atom is -0.454 e. The summed E-state index contributed by atoms with van der Waals surface area (Å²) < 4.78 is 24.0. The van der Waals surface area contributed by atoms with Gasteiger partial charge in [0.1, 0.15) is 5.58 Å². The van der Waals surface area contributed by atoms with E-state index in [4.69, 9.17) is 4.42 Å². The Morgan fingerprint density at radius 1 is 0.525 bits per heavy atom. The molecule has 0 fully saturated rings. The summed E-state index contributed by atoms with van der Waals surface area (Å²) in [5.41, 5.74) is 6.99. The summed E-state index contributed by atoms with van der Waals surface area (Å²) in [6.07, 6.45) is 0. The normalized spacial score (nSPS) is 16.2. The summed E-state index contributed by atoms with van der Waals surface area (Å²) in [5.74, 6) is 0. The fourth-order valence-corrected chi connectivity index (χ4v) is 9.74. The molecule has 0 amide bonds. The largest absolute Gasteiger partial charge is 0.454 e. The van der Waals surface area contributed by atoms with Gasteiger partial charge in [-0.2, -0.15) is 0 Å². The molecule has 3 nitrogen and oxygen atoms in total. The van der Waals surface area contributed by atoms with E-state index in [9.17, 15) is 0 Å². The van der Waals surface area contributed by atoms with Crippen molar-refractivity contribution in [1.82, 2.24) is 4.57 Å². The Morgan fingerprint density at radius 3 is 2.15 bits per heavy atom. The van der Waals surface area contributed by atoms with Gasteiger partial charge in [-0.3, -0.25) is 0 Å². The van der Waals surface area contributed by atoms with E-state index >= 15 is 4.57 Å². The fraction of sp³-hybridized carbons (Fsp3) is 0. The van der Waals surface area contributed by atoms with Crippen LogP contribution in [0.5, 0.6) is 0 Å². The van der Waals surface area contributed by atoms with E-state index < -0.39 is 7.14 Å². The average Bonchev–Trinajstić information content (AvgIpc) is 3.64. The smallest absolute Gasteiger partial charge is 0.172 e. The molecule has 40 heavy (non-hydrogen) atoms. The zero-order chi connectivity index (χ0) is 26.4. The number of aromatic nitrogens is 1. The second kappa shape index (κ2) is 7.85. The first kappa shape index (κ1) is 22.0. The van der Waals surface area contributed by atoms with Gasteiger partial charge in [-0.05, 0) is 41.5 Å². The molecule has 0 aliphatic carbocycles. The summed E-state index contributed by atoms with van der Waals surface area (Å²) in [6, 6.07) is 45.6. The highest BCUT2D eigenvalue weighted by Gasteiger charge is 2.40. The van der Waals surface area contributed by atoms with Crippen LogP contribution in [0.2, 0.25) is 0 Å². The van der Waals surface area contributed by atoms with E-state index in [0.717, 1.165) is 76.5 Å². The molecule has 1 atom stereocenters. The van der Waals surface area contributed by atoms with Crippen LogP contribution in [-0.2, 0) is 4.57 Å². The number of hydrogen-bond donors (Lipinski definition) is 0. The third kappa shape index (κ3) is 2.72. The van der Waals surface area contributed by atoms with Crippen LogP contribution in [-0.4, -0.2) is 4.57 Å². The lowest BCUT2D eigenvalue weighted by Gasteiger charge is -2.16. The first-order valence-corrected chi connectivity index (χ1v) is 15.2. The van der Waals surface area contributed by atoms with E-state index in [-0.39, 0.29) is 0 Å². The van der Waals surface area contributed by atoms with Gasteiger partial charge in [0.05, 0.1) is 16.7 Å². The Labute approximate surface area is 230 Å². The lowest BCUT2D eigenvalue weighted by molar-refractivity contribution is 0.593. The second-order valence-electron chi connectivity index (χ2n) is 10.5. The summed E-state index contributed by atoms with van der Waals surface area (Å²) in [4.78, 5) is 0. The maximum absolute atomic E-state index is 15.2. The molecule has 0 bridgehead atoms. The molecule has 0 saturated heterocycles. The lowest BCUT2D eigenvalue weighted by atomic mass is 10.0. The first-order valence-electron chi connectivity index (χ1n) is 13.5. The Balaban J connectivity index is 1.43. The molecule has 0 saturated carbocycles. The van der Waals surface area contributed by atoms with Gasteiger partial charge in [-0.15, -0.1) is 0 Å². The molecular weight excluding hydrogens is 509 g/mol. The van der Waals surface area contributed by atoms with Crippen molar-refractivity contribution >= 4 is 66.8 Å². The van der Waals surface area contributed by atoms with Crippen LogP contribution >= 0.6 is 7.14 Å². The standard InChI is InChI=1S/C36H22NO2P/c38-40(23-11-2-1-3-12-23)34-20-9-6-15-26(34)29-21-32-28(22-35(29)40)24-13-4-7-17-30(24)37(32)31-18-10-16-27-25-14-5-8-19-33(25)39-36(27)31/h1-22H. The molecule has 6 aromatic carbocycles. The summed E-state index contributed by atoms with van der Waals surface area (Å²) >= 11 is 0. The number of furan rings is 1. The van der Waals surface area contributed by atoms with Crippen molar-refractivity contribution in [3.8, 4) is 16.8 Å². The maximum atomic E-state index is 15.2. The zero-order valence-electron chi connectivity index (χ0n) is 21.4. The van der Waals surface area contributed by atoms with Crippen molar-refractivity contribution in [1.29, 1.82) is 0 Å². The molecule has 0 spiro atoms. The number of nitrogens with zero attached hydrogens (tertiary/aromatic N) is 1. The number of benzene rings is 6. The highest BCUT2D eigenvalue weighted by atomic mass is 31.2. The zero-order valence-corrected chi connectivity index (χ0v) is 22.3. The molecular formula is C36H22NO2P. The van der Waals surface area contributed by atoms with Crippen LogP contribution in [0.15, 0.2) is 138 Å². The number of hydrogen-bond acceptors (Lipinski definition) is 2. The Kier molecular flexibility index (Phi) is 4.32. The second-order valence-corrected chi connectivity index (χ2v) is 13.2. The molecule has 1 unspecified atom stereocenters. The van der Waals surface area contributed by atoms with Crippen molar-refractivity contribution in [2.45, 2.75) is 0 Å². The predicted molar refractivity (Wildman–Crippen MR) is 166 cm³/mol. The van der Waals surface area contributed by atoms with Gasteiger partial charge in [0, 0.05) is 37.5 Å². The molecule has 9 rings (SSSR count). The predicted octanol–water partition coefficient (Wildman–Crippen LogP) is 8.30. The summed E-state index contributed by atoms with van der Waals surface area (Å²) in [7, 11) is -3.03. The number of para-hydroxylation sites is 3.